The van der Waals surface area contributed by atoms with Crippen LogP contribution in [0.2, 0.25) is 0 Å². The number of amides is 1. The number of carbonyl (C=O) groups is 1. The van der Waals surface area contributed by atoms with E-state index in [1.54, 1.807) is 30.3 Å². The highest BCUT2D eigenvalue weighted by Crippen LogP contribution is 2.38. The SMILES string of the molecule is CN(C)C(=O)c1ccc(N2CCc3ccccc32)s1. The Morgan fingerprint density at radius 1 is 1.21 bits per heavy atom. The van der Waals surface area contributed by atoms with Gasteiger partial charge in [0.2, 0.25) is 0 Å². The molecule has 1 aromatic heterocycles. The standard InChI is InChI=1S/C15H16N2OS/c1-16(2)15(18)13-7-8-14(19-13)17-10-9-11-5-3-4-6-12(11)17/h3-8H,9-10H2,1-2H3. The first kappa shape index (κ1) is 12.2. The van der Waals surface area contributed by atoms with Gasteiger partial charge in [0.25, 0.3) is 5.91 Å². The fraction of sp³-hybridized carbons (Fsp3) is 0.267. The first-order valence-corrected chi connectivity index (χ1v) is 7.15. The predicted molar refractivity (Wildman–Crippen MR) is 79.5 cm³/mol. The summed E-state index contributed by atoms with van der Waals surface area (Å²) < 4.78 is 0. The first-order valence-electron chi connectivity index (χ1n) is 6.34. The van der Waals surface area contributed by atoms with Crippen LogP contribution in [0, 0.1) is 0 Å². The van der Waals surface area contributed by atoms with Crippen LogP contribution in [0.5, 0.6) is 0 Å². The Hall–Kier alpha value is -1.81. The van der Waals surface area contributed by atoms with Gasteiger partial charge in [0, 0.05) is 26.3 Å². The maximum absolute atomic E-state index is 11.9. The molecule has 4 heteroatoms. The van der Waals surface area contributed by atoms with Crippen LogP contribution in [-0.4, -0.2) is 31.4 Å². The molecule has 1 aliphatic heterocycles. The highest BCUT2D eigenvalue weighted by atomic mass is 32.1. The van der Waals surface area contributed by atoms with Gasteiger partial charge in [-0.05, 0) is 30.2 Å². The minimum Gasteiger partial charge on any atom is -0.344 e. The molecule has 0 fully saturated rings. The van der Waals surface area contributed by atoms with E-state index in [-0.39, 0.29) is 5.91 Å². The molecule has 0 spiro atoms. The van der Waals surface area contributed by atoms with Crippen molar-refractivity contribution in [2.75, 3.05) is 25.5 Å². The molecule has 98 valence electrons. The molecule has 2 aromatic rings. The van der Waals surface area contributed by atoms with Crippen LogP contribution in [0.3, 0.4) is 0 Å². The number of para-hydroxylation sites is 1. The number of carbonyl (C=O) groups excluding carboxylic acids is 1. The molecule has 1 aromatic carbocycles. The van der Waals surface area contributed by atoms with Gasteiger partial charge in [-0.3, -0.25) is 4.79 Å². The Kier molecular flexibility index (Phi) is 3.03. The van der Waals surface area contributed by atoms with Crippen LogP contribution in [0.15, 0.2) is 36.4 Å². The Morgan fingerprint density at radius 2 is 2.00 bits per heavy atom. The van der Waals surface area contributed by atoms with Crippen molar-refractivity contribution in [3.63, 3.8) is 0 Å². The molecule has 19 heavy (non-hydrogen) atoms. The van der Waals surface area contributed by atoms with E-state index >= 15 is 0 Å². The average molecular weight is 272 g/mol. The second-order valence-electron chi connectivity index (χ2n) is 4.87. The number of hydrogen-bond donors (Lipinski definition) is 0. The summed E-state index contributed by atoms with van der Waals surface area (Å²) in [5.41, 5.74) is 2.66. The summed E-state index contributed by atoms with van der Waals surface area (Å²) in [6.45, 7) is 0.995. The number of rotatable bonds is 2. The van der Waals surface area contributed by atoms with E-state index in [0.29, 0.717) is 0 Å². The highest BCUT2D eigenvalue weighted by Gasteiger charge is 2.22. The lowest BCUT2D eigenvalue weighted by molar-refractivity contribution is 0.0832. The van der Waals surface area contributed by atoms with Crippen molar-refractivity contribution in [1.29, 1.82) is 0 Å². The number of hydrogen-bond acceptors (Lipinski definition) is 3. The fourth-order valence-electron chi connectivity index (χ4n) is 2.38. The molecule has 3 nitrogen and oxygen atoms in total. The van der Waals surface area contributed by atoms with Crippen molar-refractivity contribution in [3.8, 4) is 0 Å². The van der Waals surface area contributed by atoms with Crippen LogP contribution in [0.4, 0.5) is 10.7 Å². The molecule has 0 radical (unpaired) electrons. The van der Waals surface area contributed by atoms with Crippen molar-refractivity contribution >= 4 is 27.9 Å². The zero-order valence-electron chi connectivity index (χ0n) is 11.1. The third-order valence-corrected chi connectivity index (χ3v) is 4.46. The van der Waals surface area contributed by atoms with Crippen LogP contribution < -0.4 is 4.90 Å². The van der Waals surface area contributed by atoms with Gasteiger partial charge in [0.05, 0.1) is 9.88 Å². The van der Waals surface area contributed by atoms with Gasteiger partial charge < -0.3 is 9.80 Å². The van der Waals surface area contributed by atoms with Gasteiger partial charge in [-0.25, -0.2) is 0 Å². The molecule has 0 saturated heterocycles. The van der Waals surface area contributed by atoms with Crippen LogP contribution in [0.1, 0.15) is 15.2 Å². The van der Waals surface area contributed by atoms with Crippen molar-refractivity contribution in [1.82, 2.24) is 4.90 Å². The third kappa shape index (κ3) is 2.12. The summed E-state index contributed by atoms with van der Waals surface area (Å²) in [6, 6.07) is 12.4. The summed E-state index contributed by atoms with van der Waals surface area (Å²) in [7, 11) is 3.57. The second kappa shape index (κ2) is 4.70. The minimum absolute atomic E-state index is 0.0729. The lowest BCUT2D eigenvalue weighted by Crippen LogP contribution is -2.20. The van der Waals surface area contributed by atoms with Crippen molar-refractivity contribution in [2.24, 2.45) is 0 Å². The fourth-order valence-corrected chi connectivity index (χ4v) is 3.44. The van der Waals surface area contributed by atoms with Crippen molar-refractivity contribution in [3.05, 3.63) is 46.8 Å². The van der Waals surface area contributed by atoms with Crippen LogP contribution in [-0.2, 0) is 6.42 Å². The molecule has 0 bridgehead atoms. The van der Waals surface area contributed by atoms with E-state index in [0.717, 1.165) is 22.8 Å². The lowest BCUT2D eigenvalue weighted by Gasteiger charge is -2.16. The van der Waals surface area contributed by atoms with Crippen molar-refractivity contribution in [2.45, 2.75) is 6.42 Å². The molecule has 3 rings (SSSR count). The number of anilines is 2. The zero-order chi connectivity index (χ0) is 13.4. The summed E-state index contributed by atoms with van der Waals surface area (Å²) >= 11 is 1.56. The summed E-state index contributed by atoms with van der Waals surface area (Å²) in [6.07, 6.45) is 1.07. The Bertz CT molecular complexity index is 618. The van der Waals surface area contributed by atoms with Gasteiger partial charge in [-0.1, -0.05) is 18.2 Å². The predicted octanol–water partition coefficient (Wildman–Crippen LogP) is 3.14. The second-order valence-corrected chi connectivity index (χ2v) is 5.93. The quantitative estimate of drug-likeness (QED) is 0.838. The van der Waals surface area contributed by atoms with Crippen molar-refractivity contribution < 1.29 is 4.79 Å². The topological polar surface area (TPSA) is 23.6 Å². The Balaban J connectivity index is 1.91. The molecular weight excluding hydrogens is 256 g/mol. The molecule has 1 amide bonds. The molecule has 0 unspecified atom stereocenters. The maximum atomic E-state index is 11.9. The smallest absolute Gasteiger partial charge is 0.263 e. The molecule has 0 N–H and O–H groups in total. The van der Waals surface area contributed by atoms with E-state index in [9.17, 15) is 4.79 Å². The van der Waals surface area contributed by atoms with Gasteiger partial charge in [0.15, 0.2) is 0 Å². The number of nitrogens with zero attached hydrogens (tertiary/aromatic N) is 2. The first-order chi connectivity index (χ1) is 9.16. The molecule has 1 aliphatic rings. The summed E-state index contributed by atoms with van der Waals surface area (Å²) in [5.74, 6) is 0.0729. The zero-order valence-corrected chi connectivity index (χ0v) is 11.9. The van der Waals surface area contributed by atoms with E-state index in [4.69, 9.17) is 0 Å². The molecule has 0 atom stereocenters. The number of fused-ring (bicyclic) bond motifs is 1. The lowest BCUT2D eigenvalue weighted by atomic mass is 10.2. The van der Waals surface area contributed by atoms with Crippen LogP contribution >= 0.6 is 11.3 Å². The minimum atomic E-state index is 0.0729. The summed E-state index contributed by atoms with van der Waals surface area (Å²) in [4.78, 5) is 16.6. The average Bonchev–Trinajstić information content (AvgIpc) is 3.03. The summed E-state index contributed by atoms with van der Waals surface area (Å²) in [5, 5.41) is 1.15. The molecular formula is C15H16N2OS. The van der Waals surface area contributed by atoms with E-state index in [1.165, 1.54) is 11.3 Å². The number of benzene rings is 1. The van der Waals surface area contributed by atoms with E-state index in [1.807, 2.05) is 12.1 Å². The van der Waals surface area contributed by atoms with Crippen LogP contribution in [0.25, 0.3) is 0 Å². The van der Waals surface area contributed by atoms with E-state index in [2.05, 4.69) is 29.2 Å². The van der Waals surface area contributed by atoms with Gasteiger partial charge in [0.1, 0.15) is 0 Å². The maximum Gasteiger partial charge on any atom is 0.263 e. The Morgan fingerprint density at radius 3 is 2.79 bits per heavy atom. The van der Waals surface area contributed by atoms with Gasteiger partial charge in [-0.15, -0.1) is 11.3 Å². The monoisotopic (exact) mass is 272 g/mol. The Labute approximate surface area is 117 Å². The third-order valence-electron chi connectivity index (χ3n) is 3.36. The highest BCUT2D eigenvalue weighted by molar-refractivity contribution is 7.18. The largest absolute Gasteiger partial charge is 0.344 e. The van der Waals surface area contributed by atoms with Gasteiger partial charge in [-0.2, -0.15) is 0 Å². The van der Waals surface area contributed by atoms with Gasteiger partial charge >= 0.3 is 0 Å². The molecule has 0 saturated carbocycles. The number of thiophene rings is 1. The molecule has 0 aliphatic carbocycles. The normalized spacial score (nSPS) is 13.5. The van der Waals surface area contributed by atoms with E-state index < -0.39 is 0 Å². The molecule has 2 heterocycles.